The second kappa shape index (κ2) is 6.63. The largest absolute Gasteiger partial charge is 0.370 e. The summed E-state index contributed by atoms with van der Waals surface area (Å²) in [5, 5.41) is 9.61. The first kappa shape index (κ1) is 15.2. The van der Waals surface area contributed by atoms with Crippen LogP contribution in [-0.2, 0) is 9.53 Å². The van der Waals surface area contributed by atoms with Crippen LogP contribution in [0.25, 0.3) is 0 Å². The summed E-state index contributed by atoms with van der Waals surface area (Å²) in [5.74, 6) is 0.762. The van der Waals surface area contributed by atoms with Crippen LogP contribution in [0.1, 0.15) is 42.8 Å². The minimum atomic E-state index is -0.361. The number of carbonyl (C=O) groups excluding carboxylic acids is 1. The van der Waals surface area contributed by atoms with Crippen molar-refractivity contribution in [2.45, 2.75) is 37.5 Å². The molecular formula is C15H19N7O2. The van der Waals surface area contributed by atoms with Crippen LogP contribution in [0.2, 0.25) is 0 Å². The molecule has 2 aromatic heterocycles. The quantitative estimate of drug-likeness (QED) is 0.649. The Morgan fingerprint density at radius 1 is 1.38 bits per heavy atom. The Hall–Kier alpha value is -2.36. The van der Waals surface area contributed by atoms with Gasteiger partial charge in [-0.15, -0.1) is 5.10 Å². The van der Waals surface area contributed by atoms with Gasteiger partial charge in [0.05, 0.1) is 0 Å². The minimum absolute atomic E-state index is 0.0454. The summed E-state index contributed by atoms with van der Waals surface area (Å²) in [6.07, 6.45) is 6.03. The van der Waals surface area contributed by atoms with E-state index < -0.39 is 0 Å². The molecule has 2 fully saturated rings. The molecule has 2 saturated heterocycles. The first-order valence-corrected chi connectivity index (χ1v) is 8.05. The lowest BCUT2D eigenvalue weighted by atomic mass is 10.0. The number of amides is 1. The normalized spacial score (nSPS) is 26.6. The van der Waals surface area contributed by atoms with Gasteiger partial charge in [-0.05, 0) is 30.9 Å². The highest BCUT2D eigenvalue weighted by molar-refractivity contribution is 5.93. The van der Waals surface area contributed by atoms with Crippen LogP contribution < -0.4 is 16.2 Å². The fourth-order valence-electron chi connectivity index (χ4n) is 2.99. The Bertz CT molecular complexity index is 699. The third-order valence-electron chi connectivity index (χ3n) is 4.28. The monoisotopic (exact) mass is 329 g/mol. The van der Waals surface area contributed by atoms with Gasteiger partial charge in [-0.2, -0.15) is 4.98 Å². The summed E-state index contributed by atoms with van der Waals surface area (Å²) in [6.45, 7) is 0.737. The summed E-state index contributed by atoms with van der Waals surface area (Å²) in [7, 11) is 0. The highest BCUT2D eigenvalue weighted by Crippen LogP contribution is 2.26. The molecule has 0 spiro atoms. The number of aromatic nitrogens is 4. The molecule has 4 N–H and O–H groups in total. The van der Waals surface area contributed by atoms with E-state index in [0.29, 0.717) is 12.2 Å². The molecule has 126 valence electrons. The molecule has 24 heavy (non-hydrogen) atoms. The van der Waals surface area contributed by atoms with E-state index in [1.54, 1.807) is 12.4 Å². The van der Waals surface area contributed by atoms with Crippen molar-refractivity contribution in [2.24, 2.45) is 0 Å². The van der Waals surface area contributed by atoms with Crippen molar-refractivity contribution in [3.63, 3.8) is 0 Å². The van der Waals surface area contributed by atoms with Crippen LogP contribution in [0.5, 0.6) is 0 Å². The minimum Gasteiger partial charge on any atom is -0.370 e. The second-order valence-corrected chi connectivity index (χ2v) is 5.95. The van der Waals surface area contributed by atoms with Gasteiger partial charge in [-0.25, -0.2) is 10.9 Å². The predicted octanol–water partition coefficient (Wildman–Crippen LogP) is 0.597. The number of ether oxygens (including phenoxy) is 1. The smallest absolute Gasteiger partial charge is 0.248 e. The molecule has 9 heteroatoms. The number of H-pyrrole nitrogens is 1. The topological polar surface area (TPSA) is 117 Å². The molecule has 4 heterocycles. The third kappa shape index (κ3) is 3.14. The van der Waals surface area contributed by atoms with Crippen molar-refractivity contribution in [1.29, 1.82) is 0 Å². The molecule has 0 bridgehead atoms. The first-order chi connectivity index (χ1) is 11.8. The third-order valence-corrected chi connectivity index (χ3v) is 4.28. The Morgan fingerprint density at radius 2 is 2.33 bits per heavy atom. The zero-order chi connectivity index (χ0) is 16.4. The number of hydrazine groups is 1. The van der Waals surface area contributed by atoms with E-state index in [1.807, 2.05) is 12.1 Å². The lowest BCUT2D eigenvalue weighted by molar-refractivity contribution is -0.117. The number of aromatic amines is 1. The number of anilines is 1. The molecule has 2 aliphatic rings. The van der Waals surface area contributed by atoms with Gasteiger partial charge in [0.1, 0.15) is 12.1 Å². The van der Waals surface area contributed by atoms with Gasteiger partial charge >= 0.3 is 0 Å². The fourth-order valence-corrected chi connectivity index (χ4v) is 2.99. The molecule has 2 aliphatic heterocycles. The number of rotatable bonds is 4. The predicted molar refractivity (Wildman–Crippen MR) is 84.6 cm³/mol. The highest BCUT2D eigenvalue weighted by atomic mass is 16.5. The maximum absolute atomic E-state index is 12.4. The maximum atomic E-state index is 12.4. The van der Waals surface area contributed by atoms with E-state index in [1.165, 1.54) is 0 Å². The number of pyridine rings is 1. The van der Waals surface area contributed by atoms with Crippen LogP contribution in [0.3, 0.4) is 0 Å². The number of carbonyl (C=O) groups is 1. The molecule has 4 rings (SSSR count). The summed E-state index contributed by atoms with van der Waals surface area (Å²) in [5.41, 5.74) is 7.17. The van der Waals surface area contributed by atoms with Gasteiger partial charge in [0, 0.05) is 25.0 Å². The Labute approximate surface area is 138 Å². The zero-order valence-electron chi connectivity index (χ0n) is 13.0. The van der Waals surface area contributed by atoms with Crippen LogP contribution >= 0.6 is 0 Å². The molecule has 0 aliphatic carbocycles. The van der Waals surface area contributed by atoms with Crippen LogP contribution in [0.4, 0.5) is 5.95 Å². The van der Waals surface area contributed by atoms with Crippen molar-refractivity contribution in [3.05, 3.63) is 35.9 Å². The van der Waals surface area contributed by atoms with Crippen LogP contribution in [0.15, 0.2) is 24.5 Å². The van der Waals surface area contributed by atoms with Gasteiger partial charge in [0.15, 0.2) is 5.82 Å². The molecule has 3 atom stereocenters. The Morgan fingerprint density at radius 3 is 3.12 bits per heavy atom. The van der Waals surface area contributed by atoms with E-state index in [2.05, 4.69) is 36.3 Å². The van der Waals surface area contributed by atoms with E-state index in [0.717, 1.165) is 25.0 Å². The van der Waals surface area contributed by atoms with Crippen molar-refractivity contribution >= 4 is 11.9 Å². The van der Waals surface area contributed by atoms with Crippen molar-refractivity contribution in [2.75, 3.05) is 11.9 Å². The molecule has 3 unspecified atom stereocenters. The lowest BCUT2D eigenvalue weighted by Gasteiger charge is -2.08. The number of hydrogen-bond donors (Lipinski definition) is 4. The standard InChI is InChI=1S/C15H19N7O2/c23-14(11-7-10(19-20-11)9-3-1-5-16-8-9)18-15-17-13(21-22-15)12-4-2-6-24-12/h1,3,5,8,10-12,19-20H,2,4,6-7H2,(H2,17,18,21,22,23). The van der Waals surface area contributed by atoms with Crippen molar-refractivity contribution in [1.82, 2.24) is 31.0 Å². The molecule has 0 radical (unpaired) electrons. The highest BCUT2D eigenvalue weighted by Gasteiger charge is 2.31. The Balaban J connectivity index is 1.35. The first-order valence-electron chi connectivity index (χ1n) is 8.05. The average Bonchev–Trinajstić information content (AvgIpc) is 3.36. The number of nitrogens with one attached hydrogen (secondary N) is 4. The van der Waals surface area contributed by atoms with Crippen LogP contribution in [-0.4, -0.2) is 38.7 Å². The van der Waals surface area contributed by atoms with Gasteiger partial charge in [-0.1, -0.05) is 6.07 Å². The average molecular weight is 329 g/mol. The van der Waals surface area contributed by atoms with Crippen molar-refractivity contribution < 1.29 is 9.53 Å². The SMILES string of the molecule is O=C(Nc1n[nH]c(C2CCCO2)n1)C1CC(c2cccnc2)NN1. The molecule has 1 amide bonds. The van der Waals surface area contributed by atoms with Gasteiger partial charge in [0.2, 0.25) is 11.9 Å². The molecule has 0 aromatic carbocycles. The summed E-state index contributed by atoms with van der Waals surface area (Å²) >= 11 is 0. The summed E-state index contributed by atoms with van der Waals surface area (Å²) in [6, 6.07) is 3.55. The van der Waals surface area contributed by atoms with Crippen LogP contribution in [0, 0.1) is 0 Å². The lowest BCUT2D eigenvalue weighted by Crippen LogP contribution is -2.39. The van der Waals surface area contributed by atoms with E-state index in [9.17, 15) is 4.79 Å². The van der Waals surface area contributed by atoms with E-state index in [4.69, 9.17) is 4.74 Å². The van der Waals surface area contributed by atoms with E-state index in [-0.39, 0.29) is 30.0 Å². The molecular weight excluding hydrogens is 310 g/mol. The molecule has 0 saturated carbocycles. The maximum Gasteiger partial charge on any atom is 0.248 e. The molecule has 9 nitrogen and oxygen atoms in total. The van der Waals surface area contributed by atoms with Crippen molar-refractivity contribution in [3.8, 4) is 0 Å². The molecule has 2 aromatic rings. The Kier molecular flexibility index (Phi) is 4.20. The zero-order valence-corrected chi connectivity index (χ0v) is 13.0. The number of nitrogens with zero attached hydrogens (tertiary/aromatic N) is 3. The second-order valence-electron chi connectivity index (χ2n) is 5.95. The van der Waals surface area contributed by atoms with Gasteiger partial charge in [0.25, 0.3) is 0 Å². The van der Waals surface area contributed by atoms with E-state index >= 15 is 0 Å². The van der Waals surface area contributed by atoms with Gasteiger partial charge < -0.3 is 4.74 Å². The number of hydrogen-bond acceptors (Lipinski definition) is 7. The summed E-state index contributed by atoms with van der Waals surface area (Å²) in [4.78, 5) is 20.8. The summed E-state index contributed by atoms with van der Waals surface area (Å²) < 4.78 is 5.55. The van der Waals surface area contributed by atoms with Gasteiger partial charge in [-0.3, -0.25) is 20.2 Å². The fraction of sp³-hybridized carbons (Fsp3) is 0.467.